The number of H-pyrrole nitrogens is 1. The molecule has 1 amide bonds. The Labute approximate surface area is 205 Å². The van der Waals surface area contributed by atoms with Crippen molar-refractivity contribution in [3.05, 3.63) is 75.8 Å². The number of rotatable bonds is 9. The van der Waals surface area contributed by atoms with E-state index in [9.17, 15) is 13.6 Å². The summed E-state index contributed by atoms with van der Waals surface area (Å²) in [5.41, 5.74) is 2.23. The minimum absolute atomic E-state index is 0. The van der Waals surface area contributed by atoms with Crippen LogP contribution >= 0.6 is 36.2 Å². The molecule has 3 heterocycles. The molecule has 176 valence electrons. The van der Waals surface area contributed by atoms with Gasteiger partial charge in [0.2, 0.25) is 0 Å². The molecule has 0 saturated carbocycles. The van der Waals surface area contributed by atoms with E-state index in [0.717, 1.165) is 53.5 Å². The Kier molecular flexibility index (Phi) is 10.1. The number of hydrogen-bond donors (Lipinski definition) is 3. The molecule has 0 bridgehead atoms. The second kappa shape index (κ2) is 12.5. The molecule has 4 aromatic rings. The lowest BCUT2D eigenvalue weighted by Crippen LogP contribution is -2.24. The fraction of sp³-hybridized carbons (Fsp3) is 0.238. The quantitative estimate of drug-likeness (QED) is 0.291. The third-order valence-electron chi connectivity index (χ3n) is 4.57. The second-order valence-corrected chi connectivity index (χ2v) is 7.81. The third-order valence-corrected chi connectivity index (χ3v) is 5.42. The lowest BCUT2D eigenvalue weighted by molar-refractivity contribution is 0.0945. The first-order valence-corrected chi connectivity index (χ1v) is 10.6. The number of nitrogens with zero attached hydrogens (tertiary/aromatic N) is 3. The van der Waals surface area contributed by atoms with Crippen LogP contribution in [0.1, 0.15) is 33.4 Å². The number of hydrogen-bond acceptors (Lipinski definition) is 6. The number of halogens is 4. The highest BCUT2D eigenvalue weighted by atomic mass is 35.5. The maximum atomic E-state index is 13.6. The van der Waals surface area contributed by atoms with Crippen LogP contribution in [-0.4, -0.2) is 32.4 Å². The van der Waals surface area contributed by atoms with Crippen LogP contribution in [-0.2, 0) is 19.5 Å². The van der Waals surface area contributed by atoms with Crippen molar-refractivity contribution in [2.45, 2.75) is 25.9 Å². The number of carbonyl (C=O) groups excluding carboxylic acids is 1. The molecule has 3 aromatic heterocycles. The zero-order valence-electron chi connectivity index (χ0n) is 17.3. The smallest absolute Gasteiger partial charge is 0.271 e. The van der Waals surface area contributed by atoms with Gasteiger partial charge in [0.15, 0.2) is 0 Å². The lowest BCUT2D eigenvalue weighted by Gasteiger charge is -2.04. The van der Waals surface area contributed by atoms with Crippen molar-refractivity contribution in [2.24, 2.45) is 0 Å². The maximum absolute atomic E-state index is 13.6. The molecule has 0 saturated heterocycles. The van der Waals surface area contributed by atoms with Gasteiger partial charge in [0, 0.05) is 24.4 Å². The second-order valence-electron chi connectivity index (χ2n) is 6.87. The van der Waals surface area contributed by atoms with Gasteiger partial charge in [0.1, 0.15) is 28.2 Å². The van der Waals surface area contributed by atoms with Crippen LogP contribution in [0.3, 0.4) is 0 Å². The average molecular weight is 515 g/mol. The van der Waals surface area contributed by atoms with E-state index in [-0.39, 0.29) is 42.7 Å². The summed E-state index contributed by atoms with van der Waals surface area (Å²) < 4.78 is 26.5. The van der Waals surface area contributed by atoms with E-state index >= 15 is 0 Å². The topological polar surface area (TPSA) is 95.6 Å². The van der Waals surface area contributed by atoms with Crippen LogP contribution in [0.2, 0.25) is 0 Å². The highest BCUT2D eigenvalue weighted by molar-refractivity contribution is 7.09. The largest absolute Gasteiger partial charge is 0.345 e. The zero-order valence-corrected chi connectivity index (χ0v) is 19.8. The molecule has 33 heavy (non-hydrogen) atoms. The van der Waals surface area contributed by atoms with Crippen LogP contribution < -0.4 is 10.6 Å². The summed E-state index contributed by atoms with van der Waals surface area (Å²) in [6.45, 7) is 1.19. The van der Waals surface area contributed by atoms with Gasteiger partial charge in [-0.3, -0.25) is 9.78 Å². The van der Waals surface area contributed by atoms with Gasteiger partial charge in [-0.25, -0.2) is 18.7 Å². The number of fused-ring (bicyclic) bond motifs is 1. The fourth-order valence-electron chi connectivity index (χ4n) is 3.02. The summed E-state index contributed by atoms with van der Waals surface area (Å²) in [4.78, 5) is 28.0. The summed E-state index contributed by atoms with van der Waals surface area (Å²) in [7, 11) is 0. The molecule has 7 nitrogen and oxygen atoms in total. The molecular formula is C21H22Cl2F2N6OS. The standard InChI is InChI=1S/C21H20F2N6OS.2ClH/c22-13-8-14(23)17(25-9-13)10-26-21(30)18-12-31-20(29-18)11-24-7-3-6-19-27-15-4-1-2-5-16(15)28-19;;/h1-2,4-5,8-9,12,24H,3,6-7,10-11H2,(H,26,30)(H,27,28);2*1H. The molecule has 0 aliphatic carbocycles. The minimum Gasteiger partial charge on any atom is -0.345 e. The number of carbonyl (C=O) groups is 1. The lowest BCUT2D eigenvalue weighted by atomic mass is 10.3. The first-order chi connectivity index (χ1) is 15.1. The number of aromatic amines is 1. The van der Waals surface area contributed by atoms with Crippen molar-refractivity contribution >= 4 is 53.1 Å². The molecule has 12 heteroatoms. The third kappa shape index (κ3) is 7.16. The van der Waals surface area contributed by atoms with Crippen molar-refractivity contribution in [2.75, 3.05) is 6.54 Å². The summed E-state index contributed by atoms with van der Waals surface area (Å²) in [6.07, 6.45) is 2.65. The monoisotopic (exact) mass is 514 g/mol. The molecule has 1 aromatic carbocycles. The highest BCUT2D eigenvalue weighted by Crippen LogP contribution is 2.12. The molecular weight excluding hydrogens is 493 g/mol. The Morgan fingerprint density at radius 2 is 1.94 bits per heavy atom. The number of aromatic nitrogens is 4. The van der Waals surface area contributed by atoms with Gasteiger partial charge in [-0.2, -0.15) is 0 Å². The molecule has 0 unspecified atom stereocenters. The Bertz CT molecular complexity index is 1170. The average Bonchev–Trinajstić information content (AvgIpc) is 3.39. The normalized spacial score (nSPS) is 10.5. The van der Waals surface area contributed by atoms with E-state index in [2.05, 4.69) is 30.6 Å². The molecule has 3 N–H and O–H groups in total. The van der Waals surface area contributed by atoms with Crippen LogP contribution in [0.25, 0.3) is 11.0 Å². The van der Waals surface area contributed by atoms with E-state index in [1.54, 1.807) is 5.38 Å². The van der Waals surface area contributed by atoms with Crippen LogP contribution in [0, 0.1) is 11.6 Å². The van der Waals surface area contributed by atoms with Crippen LogP contribution in [0.5, 0.6) is 0 Å². The highest BCUT2D eigenvalue weighted by Gasteiger charge is 2.12. The molecule has 0 fully saturated rings. The Hall–Kier alpha value is -2.66. The van der Waals surface area contributed by atoms with E-state index < -0.39 is 17.5 Å². The van der Waals surface area contributed by atoms with Gasteiger partial charge in [-0.05, 0) is 25.1 Å². The number of para-hydroxylation sites is 2. The van der Waals surface area contributed by atoms with Crippen molar-refractivity contribution in [1.82, 2.24) is 30.6 Å². The van der Waals surface area contributed by atoms with Crippen molar-refractivity contribution < 1.29 is 13.6 Å². The number of amides is 1. The Morgan fingerprint density at radius 3 is 2.73 bits per heavy atom. The van der Waals surface area contributed by atoms with Gasteiger partial charge in [0.25, 0.3) is 5.91 Å². The van der Waals surface area contributed by atoms with Crippen LogP contribution in [0.4, 0.5) is 8.78 Å². The molecule has 0 aliphatic heterocycles. The minimum atomic E-state index is -0.800. The van der Waals surface area contributed by atoms with Gasteiger partial charge >= 0.3 is 0 Å². The van der Waals surface area contributed by atoms with Gasteiger partial charge in [0.05, 0.1) is 29.5 Å². The van der Waals surface area contributed by atoms with Crippen molar-refractivity contribution in [3.63, 3.8) is 0 Å². The Morgan fingerprint density at radius 1 is 1.12 bits per heavy atom. The summed E-state index contributed by atoms with van der Waals surface area (Å²) in [5, 5.41) is 8.28. The number of aryl methyl sites for hydroxylation is 1. The Balaban J connectivity index is 0.00000193. The predicted octanol–water partition coefficient (Wildman–Crippen LogP) is 4.19. The molecule has 4 rings (SSSR count). The number of thiazole rings is 1. The maximum Gasteiger partial charge on any atom is 0.271 e. The first kappa shape index (κ1) is 26.6. The summed E-state index contributed by atoms with van der Waals surface area (Å²) in [5.74, 6) is -1.03. The van der Waals surface area contributed by atoms with Crippen molar-refractivity contribution in [1.29, 1.82) is 0 Å². The van der Waals surface area contributed by atoms with Crippen LogP contribution in [0.15, 0.2) is 41.9 Å². The number of imidazole rings is 1. The van der Waals surface area contributed by atoms with E-state index in [4.69, 9.17) is 0 Å². The van der Waals surface area contributed by atoms with Crippen molar-refractivity contribution in [3.8, 4) is 0 Å². The molecule has 0 radical (unpaired) electrons. The summed E-state index contributed by atoms with van der Waals surface area (Å²) in [6, 6.07) is 8.67. The van der Waals surface area contributed by atoms with E-state index in [1.165, 1.54) is 11.3 Å². The molecule has 0 spiro atoms. The number of nitrogens with one attached hydrogen (secondary N) is 3. The van der Waals surface area contributed by atoms with E-state index in [0.29, 0.717) is 6.54 Å². The SMILES string of the molecule is Cl.Cl.O=C(NCc1ncc(F)cc1F)c1csc(CNCCCc2nc3ccccc3[nH]2)n1. The number of pyridine rings is 1. The fourth-order valence-corrected chi connectivity index (χ4v) is 3.77. The zero-order chi connectivity index (χ0) is 21.6. The molecule has 0 atom stereocenters. The van der Waals surface area contributed by atoms with Gasteiger partial charge < -0.3 is 15.6 Å². The summed E-state index contributed by atoms with van der Waals surface area (Å²) >= 11 is 1.37. The first-order valence-electron chi connectivity index (χ1n) is 9.75. The van der Waals surface area contributed by atoms with E-state index in [1.807, 2.05) is 24.3 Å². The number of benzene rings is 1. The van der Waals surface area contributed by atoms with Gasteiger partial charge in [-0.15, -0.1) is 36.2 Å². The van der Waals surface area contributed by atoms with Gasteiger partial charge in [-0.1, -0.05) is 12.1 Å². The predicted molar refractivity (Wildman–Crippen MR) is 128 cm³/mol. The molecule has 0 aliphatic rings.